The Labute approximate surface area is 326 Å². The molecule has 0 amide bonds. The molecule has 0 N–H and O–H groups in total. The van der Waals surface area contributed by atoms with Crippen molar-refractivity contribution in [2.24, 2.45) is 0 Å². The first-order chi connectivity index (χ1) is 36.5. The predicted molar refractivity (Wildman–Crippen MR) is 210 cm³/mol. The number of hydrogen-bond acceptors (Lipinski definition) is 2. The lowest BCUT2D eigenvalue weighted by atomic mass is 9.84. The molecular formula is C48H28O2. The Bertz CT molecular complexity index is 4660. The van der Waals surface area contributed by atoms with Gasteiger partial charge in [-0.25, -0.2) is 0 Å². The van der Waals surface area contributed by atoms with E-state index in [9.17, 15) is 17.8 Å². The molecule has 0 fully saturated rings. The molecular weight excluding hydrogens is 609 g/mol. The molecule has 0 aliphatic rings. The molecule has 2 nitrogen and oxygen atoms in total. The predicted octanol–water partition coefficient (Wildman–Crippen LogP) is 13.9. The summed E-state index contributed by atoms with van der Waals surface area (Å²) in [6.45, 7) is 0. The number of fused-ring (bicyclic) bond motifs is 10. The van der Waals surface area contributed by atoms with Gasteiger partial charge in [0, 0.05) is 16.2 Å². The van der Waals surface area contributed by atoms with Crippen LogP contribution in [-0.2, 0) is 0 Å². The lowest BCUT2D eigenvalue weighted by Gasteiger charge is -2.19. The van der Waals surface area contributed by atoms with Gasteiger partial charge in [-0.1, -0.05) is 139 Å². The first-order valence-electron chi connectivity index (χ1n) is 28.8. The molecule has 9 aromatic carbocycles. The molecule has 50 heavy (non-hydrogen) atoms. The summed E-state index contributed by atoms with van der Waals surface area (Å²) in [7, 11) is 0. The Hall–Kier alpha value is -6.64. The number of benzene rings is 9. The van der Waals surface area contributed by atoms with Crippen LogP contribution in [-0.4, -0.2) is 0 Å². The second-order valence-corrected chi connectivity index (χ2v) is 11.0. The maximum Gasteiger partial charge on any atom is 0.147 e. The minimum atomic E-state index is -1.09. The summed E-state index contributed by atoms with van der Waals surface area (Å²) >= 11 is 0. The quantitative estimate of drug-likeness (QED) is 0.176. The summed E-state index contributed by atoms with van der Waals surface area (Å²) in [5.41, 5.74) is -6.60. The topological polar surface area (TPSA) is 26.3 Å². The second-order valence-electron chi connectivity index (χ2n) is 11.0. The van der Waals surface area contributed by atoms with E-state index in [0.29, 0.717) is 0 Å². The van der Waals surface area contributed by atoms with Crippen LogP contribution in [0.5, 0.6) is 0 Å². The van der Waals surface area contributed by atoms with Crippen LogP contribution in [0.1, 0.15) is 38.4 Å². The normalized spacial score (nSPS) is 19.8. The van der Waals surface area contributed by atoms with Gasteiger partial charge >= 0.3 is 0 Å². The lowest BCUT2D eigenvalue weighted by Crippen LogP contribution is -1.92. The van der Waals surface area contributed by atoms with E-state index in [1.807, 2.05) is 0 Å². The van der Waals surface area contributed by atoms with Gasteiger partial charge in [-0.05, 0) is 95.9 Å². The van der Waals surface area contributed by atoms with E-state index in [1.165, 1.54) is 0 Å². The summed E-state index contributed by atoms with van der Waals surface area (Å²) in [4.78, 5) is 0. The van der Waals surface area contributed by atoms with Gasteiger partial charge in [0.2, 0.25) is 0 Å². The molecule has 0 bridgehead atoms. The van der Waals surface area contributed by atoms with Crippen LogP contribution in [0.4, 0.5) is 0 Å². The van der Waals surface area contributed by atoms with E-state index in [4.69, 9.17) is 29.4 Å². The van der Waals surface area contributed by atoms with Gasteiger partial charge in [-0.15, -0.1) is 0 Å². The Morgan fingerprint density at radius 3 is 1.62 bits per heavy atom. The van der Waals surface area contributed by atoms with Gasteiger partial charge in [0.25, 0.3) is 0 Å². The Morgan fingerprint density at radius 2 is 0.880 bits per heavy atom. The highest BCUT2D eigenvalue weighted by atomic mass is 16.3. The van der Waals surface area contributed by atoms with Crippen molar-refractivity contribution < 1.29 is 47.2 Å². The van der Waals surface area contributed by atoms with Gasteiger partial charge in [0.15, 0.2) is 0 Å². The molecule has 0 unspecified atom stereocenters. The van der Waals surface area contributed by atoms with Gasteiger partial charge in [-0.3, -0.25) is 0 Å². The van der Waals surface area contributed by atoms with Crippen molar-refractivity contribution in [3.8, 4) is 33.4 Å². The zero-order valence-electron chi connectivity index (χ0n) is 52.8. The average molecular weight is 665 g/mol. The molecule has 11 aromatic rings. The molecule has 0 radical (unpaired) electrons. The Morgan fingerprint density at radius 1 is 0.320 bits per heavy atom. The highest BCUT2D eigenvalue weighted by molar-refractivity contribution is 6.25. The molecule has 11 rings (SSSR count). The molecule has 0 saturated heterocycles. The van der Waals surface area contributed by atoms with Crippen molar-refractivity contribution in [1.29, 1.82) is 0 Å². The first-order valence-corrected chi connectivity index (χ1v) is 14.8. The summed E-state index contributed by atoms with van der Waals surface area (Å²) in [6.07, 6.45) is 0. The second kappa shape index (κ2) is 10.4. The third-order valence-corrected chi connectivity index (χ3v) is 8.45. The van der Waals surface area contributed by atoms with Gasteiger partial charge in [-0.2, -0.15) is 0 Å². The minimum Gasteiger partial charge on any atom is -0.456 e. The smallest absolute Gasteiger partial charge is 0.147 e. The van der Waals surface area contributed by atoms with E-state index in [0.717, 1.165) is 0 Å². The maximum absolute atomic E-state index is 9.85. The molecule has 2 aromatic heterocycles. The van der Waals surface area contributed by atoms with Crippen LogP contribution in [0.15, 0.2) is 178 Å². The summed E-state index contributed by atoms with van der Waals surface area (Å²) in [6, 6.07) is -25.8. The van der Waals surface area contributed by atoms with E-state index < -0.39 is 263 Å². The summed E-state index contributed by atoms with van der Waals surface area (Å²) in [5, 5.41) is -6.00. The van der Waals surface area contributed by atoms with E-state index >= 15 is 0 Å². The van der Waals surface area contributed by atoms with E-state index in [2.05, 4.69) is 0 Å². The molecule has 0 saturated carbocycles. The van der Waals surface area contributed by atoms with E-state index in [-0.39, 0.29) is 16.2 Å². The van der Waals surface area contributed by atoms with Crippen LogP contribution in [0.2, 0.25) is 0 Å². The fourth-order valence-corrected chi connectivity index (χ4v) is 6.39. The standard InChI is InChI=1S/C48H28O2/c1-2-12-29(13-3-1)45-36-15-4-6-17-38(36)46(39-18-7-5-16-37(39)45)35-22-11-20-32-31(19-10-21-33(32)35)30-24-26-43-41(28-30)47-44(49-43)27-25-40-34-14-8-9-23-42(34)50-48(40)47/h1-28H/i1D,2D,3D,4D,5D,6D,7D,8D,9D,10D,11D,12D,13D,14D,15D,16D,17D,18D,19D,20D,21D,22D,23D,24D,25D,26D,27D,28D. The third-order valence-electron chi connectivity index (χ3n) is 8.45. The van der Waals surface area contributed by atoms with Crippen molar-refractivity contribution in [1.82, 2.24) is 0 Å². The molecule has 2 heteroatoms. The van der Waals surface area contributed by atoms with Crippen molar-refractivity contribution in [3.63, 3.8) is 0 Å². The fourth-order valence-electron chi connectivity index (χ4n) is 6.39. The van der Waals surface area contributed by atoms with E-state index in [1.54, 1.807) is 0 Å². The molecule has 2 heterocycles. The number of hydrogen-bond donors (Lipinski definition) is 0. The number of para-hydroxylation sites is 1. The van der Waals surface area contributed by atoms with Crippen molar-refractivity contribution >= 4 is 76.2 Å². The van der Waals surface area contributed by atoms with Crippen LogP contribution >= 0.6 is 0 Å². The summed E-state index contributed by atoms with van der Waals surface area (Å²) < 4.78 is 265. The third kappa shape index (κ3) is 3.85. The van der Waals surface area contributed by atoms with Gasteiger partial charge in [0.05, 0.1) is 43.8 Å². The Kier molecular flexibility index (Phi) is 2.45. The average Bonchev–Trinajstić information content (AvgIpc) is 4.17. The largest absolute Gasteiger partial charge is 0.456 e. The first kappa shape index (κ1) is 11.8. The van der Waals surface area contributed by atoms with Crippen molar-refractivity contribution in [3.05, 3.63) is 169 Å². The number of furan rings is 2. The van der Waals surface area contributed by atoms with Crippen LogP contribution < -0.4 is 0 Å². The molecule has 0 aliphatic heterocycles. The van der Waals surface area contributed by atoms with Crippen LogP contribution in [0.3, 0.4) is 0 Å². The highest BCUT2D eigenvalue weighted by Crippen LogP contribution is 2.47. The molecule has 232 valence electrons. The van der Waals surface area contributed by atoms with Crippen LogP contribution in [0, 0.1) is 0 Å². The highest BCUT2D eigenvalue weighted by Gasteiger charge is 2.20. The minimum absolute atomic E-state index is 0.318. The SMILES string of the molecule is [2H]c1c([2H])c([2H])c(-c2c3c([2H])c([2H])c([2H])c([2H])c3c(-c3c([2H])c([2H])c([2H])c4c(-c5c([2H])c([2H])c6oc7c([2H])c([2H])c8c(oc9c([2H])c([2H])c([2H])c([2H])c98)c7c6c5[2H])c([2H])c([2H])c([2H])c34)c3c([2H])c([2H])c([2H])c([2H])c23)c([2H])c1[2H]. The van der Waals surface area contributed by atoms with Crippen molar-refractivity contribution in [2.75, 3.05) is 0 Å². The number of rotatable bonds is 3. The molecule has 0 aliphatic carbocycles. The fraction of sp³-hybridized carbons (Fsp3) is 0. The van der Waals surface area contributed by atoms with Crippen molar-refractivity contribution in [2.45, 2.75) is 0 Å². The Balaban J connectivity index is 1.41. The zero-order valence-corrected chi connectivity index (χ0v) is 24.8. The monoisotopic (exact) mass is 664 g/mol. The summed E-state index contributed by atoms with van der Waals surface area (Å²) in [5.74, 6) is 0. The lowest BCUT2D eigenvalue weighted by molar-refractivity contribution is 0.663. The zero-order chi connectivity index (χ0) is 57.1. The molecule has 0 spiro atoms. The van der Waals surface area contributed by atoms with Gasteiger partial charge in [0.1, 0.15) is 22.3 Å². The molecule has 0 atom stereocenters. The maximum atomic E-state index is 9.85. The van der Waals surface area contributed by atoms with Crippen LogP contribution in [0.25, 0.3) is 110 Å². The van der Waals surface area contributed by atoms with Gasteiger partial charge < -0.3 is 8.83 Å².